The maximum Gasteiger partial charge on any atom is 4.00 e. The number of fused-ring (bicyclic) bond motifs is 2. The van der Waals surface area contributed by atoms with Crippen LogP contribution in [-0.4, -0.2) is 15.4 Å². The van der Waals surface area contributed by atoms with Crippen LogP contribution in [0.15, 0.2) is 6.07 Å². The summed E-state index contributed by atoms with van der Waals surface area (Å²) in [4.78, 5) is 10.7. The predicted molar refractivity (Wildman–Crippen MR) is 98.1 cm³/mol. The van der Waals surface area contributed by atoms with E-state index in [4.69, 9.17) is 5.73 Å². The van der Waals surface area contributed by atoms with Crippen molar-refractivity contribution < 1.29 is 51.3 Å². The third-order valence-corrected chi connectivity index (χ3v) is 5.25. The zero-order chi connectivity index (χ0) is 16.9. The number of amides is 1. The van der Waals surface area contributed by atoms with Gasteiger partial charge in [-0.05, 0) is 31.1 Å². The van der Waals surface area contributed by atoms with Crippen molar-refractivity contribution in [2.75, 3.05) is 0 Å². The van der Waals surface area contributed by atoms with E-state index in [1.165, 1.54) is 41.5 Å². The number of carbonyl (C=O) groups excluding carboxylic acids is 1. The first-order chi connectivity index (χ1) is 10.3. The molecule has 1 aromatic rings. The molecule has 2 aliphatic rings. The topological polar surface area (TPSA) is 40.9 Å². The molecule has 2 bridgehead atoms. The number of halogens is 2. The van der Waals surface area contributed by atoms with Crippen LogP contribution in [0.25, 0.3) is 5.73 Å². The molecule has 141 valence electrons. The minimum atomic E-state index is -0.313. The van der Waals surface area contributed by atoms with Crippen LogP contribution in [0.2, 0.25) is 13.1 Å². The molecule has 2 aliphatic carbocycles. The van der Waals surface area contributed by atoms with Crippen LogP contribution in [-0.2, 0) is 26.5 Å². The Hall–Kier alpha value is 0.331. The van der Waals surface area contributed by atoms with Crippen molar-refractivity contribution in [1.82, 2.24) is 0 Å². The molecule has 2 saturated carbocycles. The summed E-state index contributed by atoms with van der Waals surface area (Å²) in [6, 6.07) is 2.24. The summed E-state index contributed by atoms with van der Waals surface area (Å²) in [5.74, 6) is 1.20. The molecular formula is C19H32Cl2NOSiTi. The summed E-state index contributed by atoms with van der Waals surface area (Å²) >= 11 is 0. The molecule has 3 rings (SSSR count). The quantitative estimate of drug-likeness (QED) is 0.418. The Labute approximate surface area is 184 Å². The normalized spacial score (nSPS) is 22.1. The van der Waals surface area contributed by atoms with Gasteiger partial charge in [0.1, 0.15) is 0 Å². The van der Waals surface area contributed by atoms with Crippen LogP contribution in [0.1, 0.15) is 47.9 Å². The third-order valence-electron chi connectivity index (χ3n) is 5.25. The van der Waals surface area contributed by atoms with E-state index >= 15 is 0 Å². The SMILES string of the molecule is C[SiH]C.Cc1c[c-](C)c(C)c1C.[Cl-].[Cl-].[NH-]C(=O)C1CC2CCC1C2.[Ti+4]. The maximum atomic E-state index is 10.7. The average molecular weight is 437 g/mol. The van der Waals surface area contributed by atoms with Gasteiger partial charge in [0.25, 0.3) is 0 Å². The second-order valence-corrected chi connectivity index (χ2v) is 8.14. The molecule has 1 N–H and O–H groups in total. The van der Waals surface area contributed by atoms with E-state index in [-0.39, 0.29) is 58.4 Å². The molecule has 2 fully saturated rings. The number of aryl methyl sites for hydroxylation is 2. The maximum absolute atomic E-state index is 10.7. The number of carbonyl (C=O) groups is 1. The van der Waals surface area contributed by atoms with Crippen LogP contribution >= 0.6 is 0 Å². The molecule has 0 aromatic heterocycles. The van der Waals surface area contributed by atoms with Crippen LogP contribution in [0.5, 0.6) is 0 Å². The summed E-state index contributed by atoms with van der Waals surface area (Å²) in [7, 11) is 0.750. The smallest absolute Gasteiger partial charge is 1.00 e. The molecule has 0 spiro atoms. The molecule has 2 nitrogen and oxygen atoms in total. The summed E-state index contributed by atoms with van der Waals surface area (Å²) in [5, 5.41) is 0. The Morgan fingerprint density at radius 2 is 1.68 bits per heavy atom. The van der Waals surface area contributed by atoms with Gasteiger partial charge in [-0.2, -0.15) is 28.3 Å². The van der Waals surface area contributed by atoms with Crippen molar-refractivity contribution in [3.05, 3.63) is 34.1 Å². The molecule has 1 aromatic carbocycles. The van der Waals surface area contributed by atoms with Crippen LogP contribution < -0.4 is 24.8 Å². The second kappa shape index (κ2) is 14.4. The van der Waals surface area contributed by atoms with Gasteiger partial charge in [0.15, 0.2) is 0 Å². The predicted octanol–water partition coefficient (Wildman–Crippen LogP) is -0.835. The summed E-state index contributed by atoms with van der Waals surface area (Å²) in [6.45, 7) is 13.1. The molecule has 3 unspecified atom stereocenters. The van der Waals surface area contributed by atoms with E-state index in [0.29, 0.717) is 5.92 Å². The number of hydrogen-bond donors (Lipinski definition) is 0. The fourth-order valence-electron chi connectivity index (χ4n) is 3.70. The van der Waals surface area contributed by atoms with Crippen molar-refractivity contribution in [2.45, 2.75) is 66.5 Å². The van der Waals surface area contributed by atoms with Gasteiger partial charge in [-0.25, -0.2) is 0 Å². The van der Waals surface area contributed by atoms with E-state index in [0.717, 1.165) is 21.9 Å². The van der Waals surface area contributed by atoms with Gasteiger partial charge in [0.05, 0.1) is 5.91 Å². The van der Waals surface area contributed by atoms with Crippen LogP contribution in [0.4, 0.5) is 0 Å². The van der Waals surface area contributed by atoms with Crippen molar-refractivity contribution in [1.29, 1.82) is 0 Å². The molecule has 1 radical (unpaired) electrons. The summed E-state index contributed by atoms with van der Waals surface area (Å²) in [5.41, 5.74) is 12.7. The van der Waals surface area contributed by atoms with E-state index < -0.39 is 0 Å². The molecule has 0 saturated heterocycles. The molecule has 1 amide bonds. The molecule has 6 heteroatoms. The Bertz CT molecular complexity index is 485. The first kappa shape index (κ1) is 30.1. The molecule has 25 heavy (non-hydrogen) atoms. The monoisotopic (exact) mass is 436 g/mol. The van der Waals surface area contributed by atoms with Crippen molar-refractivity contribution >= 4 is 15.4 Å². The first-order valence-corrected chi connectivity index (χ1v) is 10.8. The number of hydrogen-bond acceptors (Lipinski definition) is 1. The Morgan fingerprint density at radius 1 is 1.16 bits per heavy atom. The fraction of sp³-hybridized carbons (Fsp3) is 0.684. The largest absolute Gasteiger partial charge is 4.00 e. The van der Waals surface area contributed by atoms with Gasteiger partial charge in [-0.15, -0.1) is 0 Å². The standard InChI is InChI=1S/C9H13.C8H13NO.C2H7Si.2ClH.Ti/c1-6-5-7(2)9(4)8(6)3;9-8(10)7-4-5-1-2-6(7)3-5;1-3-2;;;/h5H,1-4H3;5-7H,1-4H2,(H2,9,10);3H,1-2H3;2*1H;/q-1;;;;;+4/p-3. The Balaban J connectivity index is -0.000000305. The second-order valence-electron chi connectivity index (χ2n) is 6.98. The van der Waals surface area contributed by atoms with Crippen molar-refractivity contribution in [3.63, 3.8) is 0 Å². The average Bonchev–Trinajstić information content (AvgIpc) is 3.14. The van der Waals surface area contributed by atoms with E-state index in [1.807, 2.05) is 0 Å². The van der Waals surface area contributed by atoms with Crippen LogP contribution in [0, 0.1) is 45.4 Å². The van der Waals surface area contributed by atoms with Gasteiger partial charge in [-0.1, -0.05) is 47.2 Å². The fourth-order valence-corrected chi connectivity index (χ4v) is 3.70. The van der Waals surface area contributed by atoms with E-state index in [9.17, 15) is 4.79 Å². The number of rotatable bonds is 1. The van der Waals surface area contributed by atoms with Crippen molar-refractivity contribution in [3.8, 4) is 0 Å². The van der Waals surface area contributed by atoms with Crippen molar-refractivity contribution in [2.24, 2.45) is 17.8 Å². The molecular weight excluding hydrogens is 405 g/mol. The molecule has 3 atom stereocenters. The van der Waals surface area contributed by atoms with Crippen LogP contribution in [0.3, 0.4) is 0 Å². The zero-order valence-corrected chi connectivity index (χ0v) is 20.6. The zero-order valence-electron chi connectivity index (χ0n) is 16.4. The summed E-state index contributed by atoms with van der Waals surface area (Å²) in [6.07, 6.45) is 4.77. The summed E-state index contributed by atoms with van der Waals surface area (Å²) < 4.78 is 0. The third kappa shape index (κ3) is 8.71. The Morgan fingerprint density at radius 3 is 1.84 bits per heavy atom. The molecule has 0 aliphatic heterocycles. The minimum absolute atomic E-state index is 0. The van der Waals surface area contributed by atoms with Gasteiger partial charge < -0.3 is 35.3 Å². The first-order valence-electron chi connectivity index (χ1n) is 8.51. The van der Waals surface area contributed by atoms with E-state index in [1.54, 1.807) is 0 Å². The molecule has 0 heterocycles. The minimum Gasteiger partial charge on any atom is -1.00 e. The van der Waals surface area contributed by atoms with Gasteiger partial charge in [0, 0.05) is 15.4 Å². The van der Waals surface area contributed by atoms with Gasteiger partial charge >= 0.3 is 21.7 Å². The number of nitrogens with one attached hydrogen (secondary N) is 1. The Kier molecular flexibility index (Phi) is 17.3. The van der Waals surface area contributed by atoms with E-state index in [2.05, 4.69) is 46.9 Å². The van der Waals surface area contributed by atoms with Gasteiger partial charge in [0.2, 0.25) is 0 Å². The van der Waals surface area contributed by atoms with Gasteiger partial charge in [-0.3, -0.25) is 0 Å².